The average molecular weight is 1330 g/mol. The van der Waals surface area contributed by atoms with Gasteiger partial charge in [-0.2, -0.15) is 0 Å². The molecule has 12 rings (SSSR count). The van der Waals surface area contributed by atoms with Crippen molar-refractivity contribution in [2.45, 2.75) is 271 Å². The summed E-state index contributed by atoms with van der Waals surface area (Å²) in [5.74, 6) is 1.70. The van der Waals surface area contributed by atoms with Crippen LogP contribution in [0.5, 0.6) is 17.2 Å². The Bertz CT molecular complexity index is 3110. The number of fused-ring (bicyclic) bond motifs is 15. The summed E-state index contributed by atoms with van der Waals surface area (Å²) in [5.41, 5.74) is 6.74. The van der Waals surface area contributed by atoms with Crippen molar-refractivity contribution in [3.8, 4) is 17.2 Å². The third-order valence-electron chi connectivity index (χ3n) is 24.0. The number of aryl methyl sites for hydroxylation is 3. The maximum Gasteiger partial charge on any atom is 0.303 e. The Balaban J connectivity index is 0.000000158. The summed E-state index contributed by atoms with van der Waals surface area (Å²) >= 11 is 0. The van der Waals surface area contributed by atoms with Crippen molar-refractivity contribution < 1.29 is 86.7 Å². The van der Waals surface area contributed by atoms with E-state index >= 15 is 0 Å². The lowest BCUT2D eigenvalue weighted by molar-refractivity contribution is -0.178. The third-order valence-corrected chi connectivity index (χ3v) is 24.0. The Morgan fingerprint density at radius 2 is 0.698 bits per heavy atom. The minimum Gasteiger partial charge on any atom is -0.494 e. The zero-order valence-electron chi connectivity index (χ0n) is 58.9. The highest BCUT2D eigenvalue weighted by Gasteiger charge is 2.69. The minimum absolute atomic E-state index is 0.0279. The van der Waals surface area contributed by atoms with E-state index in [0.29, 0.717) is 23.7 Å². The highest BCUT2D eigenvalue weighted by atomic mass is 16.6. The molecule has 528 valence electrons. The van der Waals surface area contributed by atoms with Gasteiger partial charge in [-0.05, 0) is 208 Å². The SMILES string of the molecule is CCCCOc1ccc2c(c1)CCC1C2CC[C@@]2(C)[C@H]1C(O)C(O)[C@@H]2O.CCCCOc1ccc2c(c1)CCC1C2CC[C@@]2(C)[C@H]1C(OC(C)=O)C(OC(C)=O)[C@@H]2OC(C)=O.CCCCOc1ccc2c(c1)CCC1C2CC[C@@]2(C)[C@H]1[C@@H](OC(C)=O)[C@@H](OC(C)=O)[C@@H]2OC(C)=O. The van der Waals surface area contributed by atoms with Gasteiger partial charge in [0.05, 0.1) is 32.0 Å². The molecule has 0 saturated heterocycles. The van der Waals surface area contributed by atoms with E-state index in [1.807, 2.05) is 0 Å². The van der Waals surface area contributed by atoms with Crippen LogP contribution in [0.2, 0.25) is 0 Å². The lowest BCUT2D eigenvalue weighted by atomic mass is 9.55. The first-order valence-electron chi connectivity index (χ1n) is 36.1. The molecule has 0 spiro atoms. The molecule has 0 aliphatic heterocycles. The van der Waals surface area contributed by atoms with Crippen LogP contribution in [-0.2, 0) is 76.5 Å². The zero-order valence-corrected chi connectivity index (χ0v) is 58.9. The number of ether oxygens (including phenoxy) is 9. The zero-order chi connectivity index (χ0) is 69.1. The molecule has 9 aliphatic carbocycles. The third kappa shape index (κ3) is 14.6. The van der Waals surface area contributed by atoms with Crippen LogP contribution < -0.4 is 14.2 Å². The molecular weight excluding hydrogens is 1220 g/mol. The second kappa shape index (κ2) is 30.5. The van der Waals surface area contributed by atoms with Crippen LogP contribution in [0.25, 0.3) is 0 Å². The predicted octanol–water partition coefficient (Wildman–Crippen LogP) is 12.5. The van der Waals surface area contributed by atoms with E-state index in [2.05, 4.69) is 96.1 Å². The van der Waals surface area contributed by atoms with Gasteiger partial charge in [-0.25, -0.2) is 0 Å². The van der Waals surface area contributed by atoms with Gasteiger partial charge in [0.15, 0.2) is 12.2 Å². The number of esters is 6. The smallest absolute Gasteiger partial charge is 0.303 e. The number of rotatable bonds is 18. The van der Waals surface area contributed by atoms with Crippen molar-refractivity contribution in [2.75, 3.05) is 19.8 Å². The summed E-state index contributed by atoms with van der Waals surface area (Å²) < 4.78 is 52.5. The normalized spacial score (nSPS) is 35.3. The van der Waals surface area contributed by atoms with Gasteiger partial charge >= 0.3 is 35.8 Å². The lowest BCUT2D eigenvalue weighted by Crippen LogP contribution is -2.47. The number of hydrogen-bond acceptors (Lipinski definition) is 18. The van der Waals surface area contributed by atoms with E-state index in [9.17, 15) is 44.1 Å². The Kier molecular flexibility index (Phi) is 23.0. The van der Waals surface area contributed by atoms with Crippen LogP contribution in [0.4, 0.5) is 0 Å². The first kappa shape index (κ1) is 72.5. The van der Waals surface area contributed by atoms with E-state index in [0.717, 1.165) is 153 Å². The van der Waals surface area contributed by atoms with Gasteiger partial charge in [0, 0.05) is 69.6 Å². The van der Waals surface area contributed by atoms with Crippen LogP contribution >= 0.6 is 0 Å². The van der Waals surface area contributed by atoms with E-state index < -0.39 is 102 Å². The second-order valence-corrected chi connectivity index (χ2v) is 30.1. The summed E-state index contributed by atoms with van der Waals surface area (Å²) in [6, 6.07) is 19.4. The number of aliphatic hydroxyl groups is 3. The maximum atomic E-state index is 12.2. The number of unbranched alkanes of at least 4 members (excludes halogenated alkanes) is 3. The topological polar surface area (TPSA) is 246 Å². The summed E-state index contributed by atoms with van der Waals surface area (Å²) in [7, 11) is 0. The number of carbonyl (C=O) groups is 6. The minimum atomic E-state index is -1.01. The molecule has 21 atom stereocenters. The lowest BCUT2D eigenvalue weighted by Gasteiger charge is -2.50. The molecule has 3 aromatic rings. The molecule has 9 aliphatic rings. The van der Waals surface area contributed by atoms with E-state index in [1.165, 1.54) is 74.9 Å². The maximum absolute atomic E-state index is 12.2. The van der Waals surface area contributed by atoms with Crippen LogP contribution in [0, 0.1) is 51.8 Å². The summed E-state index contributed by atoms with van der Waals surface area (Å²) in [6.07, 6.45) is 10.5. The van der Waals surface area contributed by atoms with Crippen molar-refractivity contribution in [3.63, 3.8) is 0 Å². The molecule has 0 amide bonds. The molecule has 6 fully saturated rings. The van der Waals surface area contributed by atoms with Gasteiger partial charge in [0.2, 0.25) is 0 Å². The second-order valence-electron chi connectivity index (χ2n) is 30.1. The van der Waals surface area contributed by atoms with Crippen LogP contribution in [0.3, 0.4) is 0 Å². The number of benzene rings is 3. The largest absolute Gasteiger partial charge is 0.494 e. The quantitative estimate of drug-likeness (QED) is 0.0608. The summed E-state index contributed by atoms with van der Waals surface area (Å²) in [6.45, 7) is 23.1. The predicted molar refractivity (Wildman–Crippen MR) is 358 cm³/mol. The van der Waals surface area contributed by atoms with Gasteiger partial charge in [0.1, 0.15) is 47.8 Å². The number of aliphatic hydroxyl groups excluding tert-OH is 3. The Hall–Kier alpha value is -6.24. The van der Waals surface area contributed by atoms with Gasteiger partial charge in [-0.1, -0.05) is 79.0 Å². The summed E-state index contributed by atoms with van der Waals surface area (Å²) in [5, 5.41) is 31.4. The first-order valence-corrected chi connectivity index (χ1v) is 36.1. The average Bonchev–Trinajstić information content (AvgIpc) is 1.54. The molecule has 0 aromatic heterocycles. The Morgan fingerprint density at radius 1 is 0.396 bits per heavy atom. The molecule has 0 radical (unpaired) electrons. The van der Waals surface area contributed by atoms with Gasteiger partial charge in [-0.3, -0.25) is 28.8 Å². The number of hydrogen-bond donors (Lipinski definition) is 3. The molecule has 0 bridgehead atoms. The van der Waals surface area contributed by atoms with Crippen molar-refractivity contribution in [1.29, 1.82) is 0 Å². The van der Waals surface area contributed by atoms with Crippen molar-refractivity contribution in [1.82, 2.24) is 0 Å². The fraction of sp³-hybridized carbons (Fsp3) is 0.692. The highest BCUT2D eigenvalue weighted by Crippen LogP contribution is 2.66. The van der Waals surface area contributed by atoms with Crippen molar-refractivity contribution in [3.05, 3.63) is 88.0 Å². The fourth-order valence-corrected chi connectivity index (χ4v) is 20.0. The first-order chi connectivity index (χ1) is 45.8. The molecule has 6 saturated carbocycles. The molecule has 10 unspecified atom stereocenters. The molecule has 18 heteroatoms. The molecule has 96 heavy (non-hydrogen) atoms. The standard InChI is InChI=1S/2C28H38O7.C22H32O4/c2*1-6-7-14-32-20-9-11-21-19(15-20)8-10-23-22(21)12-13-28(5)24(23)25(33-16(2)29)26(34-17(3)30)27(28)35-18(4)31;1-3-4-11-26-14-6-8-15-13(12-14)5-7-17-16(15)9-10-22(2)18(17)19(23)20(24)21(22)25/h2*9,11,15,22-27H,6-8,10,12-14H2,1-5H3;6,8,12,16-21,23-25H,3-5,7,9-11H2,1-2H3/t22?,23?,24-,25?,26?,27+,28+;22?,23?,24-,25-,26-,27+,28+;16?,17?,18-,19?,20?,21+,22+/m111/s1. The van der Waals surface area contributed by atoms with E-state index in [4.69, 9.17) is 42.6 Å². The van der Waals surface area contributed by atoms with Crippen LogP contribution in [0.15, 0.2) is 54.6 Å². The van der Waals surface area contributed by atoms with E-state index in [-0.39, 0.29) is 35.0 Å². The van der Waals surface area contributed by atoms with Gasteiger partial charge in [0.25, 0.3) is 0 Å². The molecular formula is C78H108O18. The van der Waals surface area contributed by atoms with Crippen molar-refractivity contribution in [2.24, 2.45) is 51.8 Å². The van der Waals surface area contributed by atoms with Gasteiger partial charge in [-0.15, -0.1) is 0 Å². The molecule has 3 aromatic carbocycles. The van der Waals surface area contributed by atoms with Crippen LogP contribution in [0.1, 0.15) is 231 Å². The molecule has 3 N–H and O–H groups in total. The number of carbonyl (C=O) groups excluding carboxylic acids is 6. The monoisotopic (exact) mass is 1330 g/mol. The Morgan fingerprint density at radius 3 is 1.01 bits per heavy atom. The van der Waals surface area contributed by atoms with Crippen LogP contribution in [-0.4, -0.2) is 126 Å². The summed E-state index contributed by atoms with van der Waals surface area (Å²) in [4.78, 5) is 72.5. The van der Waals surface area contributed by atoms with E-state index in [1.54, 1.807) is 0 Å². The molecule has 0 heterocycles. The van der Waals surface area contributed by atoms with Gasteiger partial charge < -0.3 is 58.0 Å². The fourth-order valence-electron chi connectivity index (χ4n) is 20.0. The highest BCUT2D eigenvalue weighted by molar-refractivity contribution is 5.70. The molecule has 18 nitrogen and oxygen atoms in total. The van der Waals surface area contributed by atoms with Crippen molar-refractivity contribution >= 4 is 35.8 Å². The Labute approximate surface area is 568 Å².